The Morgan fingerprint density at radius 1 is 0.512 bits per heavy atom. The number of aromatic amines is 2. The van der Waals surface area contributed by atoms with Gasteiger partial charge in [-0.2, -0.15) is 0 Å². The molecule has 4 aromatic heterocycles. The van der Waals surface area contributed by atoms with Gasteiger partial charge in [-0.05, 0) is 246 Å². The van der Waals surface area contributed by atoms with Gasteiger partial charge in [0.1, 0.15) is 34.3 Å². The summed E-state index contributed by atoms with van der Waals surface area (Å²) in [4.78, 5) is 81.9. The number of amides is 2. The van der Waals surface area contributed by atoms with Crippen molar-refractivity contribution in [2.75, 3.05) is 126 Å². The number of sulfonamides is 2. The quantitative estimate of drug-likeness (QED) is 0.0305. The third-order valence-corrected chi connectivity index (χ3v) is 32.4. The number of nitrogens with zero attached hydrogens (tertiary/aromatic N) is 10. The molecule has 2 atom stereocenters. The van der Waals surface area contributed by atoms with E-state index in [-0.39, 0.29) is 66.5 Å². The fourth-order valence-electron chi connectivity index (χ4n) is 19.4. The first-order chi connectivity index (χ1) is 62.0. The predicted molar refractivity (Wildman–Crippen MR) is 511 cm³/mol. The zero-order valence-electron chi connectivity index (χ0n) is 73.3. The van der Waals surface area contributed by atoms with Crippen molar-refractivity contribution in [2.45, 2.75) is 144 Å². The maximum absolute atomic E-state index is 14.1. The molecule has 129 heavy (non-hydrogen) atoms. The summed E-state index contributed by atoms with van der Waals surface area (Å²) < 4.78 is 73.1. The number of piperidine rings is 2. The van der Waals surface area contributed by atoms with Crippen molar-refractivity contribution in [3.05, 3.63) is 233 Å². The lowest BCUT2D eigenvalue weighted by molar-refractivity contribution is -0.386. The van der Waals surface area contributed by atoms with E-state index in [9.17, 15) is 46.7 Å². The number of piperazine rings is 2. The summed E-state index contributed by atoms with van der Waals surface area (Å²) >= 11 is 15.4. The predicted octanol–water partition coefficient (Wildman–Crippen LogP) is 19.5. The molecule has 4 fully saturated rings. The summed E-state index contributed by atoms with van der Waals surface area (Å²) in [5, 5.41) is 27.9. The van der Waals surface area contributed by atoms with Crippen LogP contribution in [-0.4, -0.2) is 194 Å². The lowest BCUT2D eigenvalue weighted by atomic mass is 9.72. The highest BCUT2D eigenvalue weighted by Gasteiger charge is 2.38. The Bertz CT molecular complexity index is 6180. The number of fused-ring (bicyclic) bond motifs is 4. The van der Waals surface area contributed by atoms with Crippen LogP contribution in [0.2, 0.25) is 10.0 Å². The average molecular weight is 1860 g/mol. The molecule has 10 aromatic rings. The van der Waals surface area contributed by atoms with Crippen molar-refractivity contribution in [3.63, 3.8) is 0 Å². The van der Waals surface area contributed by atoms with E-state index in [1.54, 1.807) is 61.2 Å². The molecule has 6 aliphatic heterocycles. The molecule has 32 heteroatoms. The summed E-state index contributed by atoms with van der Waals surface area (Å²) in [6.45, 7) is 23.5. The van der Waals surface area contributed by atoms with Crippen molar-refractivity contribution in [1.82, 2.24) is 49.0 Å². The standard InChI is InChI=1S/C49H56ClN7O6S2.C48H54ClN7O6S2/c1-49(2)15-12-36(43(29-49)34-6-8-37(50)9-7-34)31-55-20-22-56(23-21-55)38-10-11-41(45(26-38)63-39-25-35-13-16-51-47(35)52-30-39)48(58)53-65(61,62)40-27-44(57(59)60)42-24-33(32-64-46(42)28-40)14-19-54-17-4-3-5-18-54;1-48(2)14-12-35(42(27-48)33-6-8-36(49)9-7-33)30-54-18-20-55(21-19-54)37-10-11-40(44(24-37)62-38-23-34-13-15-50-46(34)51-28-38)47(57)52-64(60,61)39-25-43(56(58)59)41-22-32(31-63-45(41)26-39)29-53-16-4-3-5-17-53/h6-11,13,16,25-28,30,33H,3-5,12,14-15,17-24,29,31-32H2,1-2H3,(H,51,52)(H,53,58);6-11,13,15,23-26,28,32H,3-5,12,14,16-22,27,29-31H2,1-2H3,(H,50,51)(H,52,57)/t33-;32-/m01/s1. The van der Waals surface area contributed by atoms with Crippen LogP contribution >= 0.6 is 46.7 Å². The summed E-state index contributed by atoms with van der Waals surface area (Å²) in [5.74, 6) is 1.13. The topological polar surface area (TPSA) is 308 Å². The van der Waals surface area contributed by atoms with E-state index in [1.165, 1.54) is 94.8 Å². The number of nitro groups is 2. The highest BCUT2D eigenvalue weighted by molar-refractivity contribution is 7.99. The zero-order valence-corrected chi connectivity index (χ0v) is 78.0. The molecule has 0 saturated carbocycles. The molecular formula is C97H110Cl2N14O12S4. The zero-order chi connectivity index (χ0) is 89.9. The Morgan fingerprint density at radius 3 is 1.36 bits per heavy atom. The van der Waals surface area contributed by atoms with Gasteiger partial charge in [-0.15, -0.1) is 23.5 Å². The van der Waals surface area contributed by atoms with E-state index < -0.39 is 41.7 Å². The molecule has 0 unspecified atom stereocenters. The number of hydrogen-bond acceptors (Lipinski definition) is 22. The molecule has 0 bridgehead atoms. The molecule has 4 N–H and O–H groups in total. The number of allylic oxidation sites excluding steroid dienone is 2. The molecular weight excluding hydrogens is 1750 g/mol. The molecule has 4 saturated heterocycles. The number of halogens is 2. The van der Waals surface area contributed by atoms with Crippen LogP contribution in [0, 0.1) is 42.9 Å². The van der Waals surface area contributed by atoms with Crippen molar-refractivity contribution in [3.8, 4) is 23.0 Å². The maximum Gasteiger partial charge on any atom is 0.275 e. The molecule has 18 rings (SSSR count). The first-order valence-electron chi connectivity index (χ1n) is 44.9. The Balaban J connectivity index is 0.000000181. The second kappa shape index (κ2) is 39.3. The largest absolute Gasteiger partial charge is 0.455 e. The van der Waals surface area contributed by atoms with Gasteiger partial charge in [-0.3, -0.25) is 39.6 Å². The first kappa shape index (κ1) is 91.1. The highest BCUT2D eigenvalue weighted by Crippen LogP contribution is 2.48. The molecule has 2 aliphatic carbocycles. The number of anilines is 2. The van der Waals surface area contributed by atoms with Gasteiger partial charge in [0, 0.05) is 173 Å². The number of nitro benzene ring substituents is 2. The van der Waals surface area contributed by atoms with Crippen LogP contribution in [0.25, 0.3) is 33.2 Å². The number of hydrogen-bond donors (Lipinski definition) is 4. The van der Waals surface area contributed by atoms with Gasteiger partial charge in [-0.1, -0.05) is 99.2 Å². The van der Waals surface area contributed by atoms with Crippen LogP contribution in [0.5, 0.6) is 23.0 Å². The monoisotopic (exact) mass is 1860 g/mol. The molecule has 2 amide bonds. The second-order valence-electron chi connectivity index (χ2n) is 37.2. The number of H-pyrrole nitrogens is 2. The average Bonchev–Trinajstić information content (AvgIpc) is 1.19. The minimum atomic E-state index is -4.55. The lowest BCUT2D eigenvalue weighted by Gasteiger charge is -2.39. The fraction of sp³-hybridized carbons (Fsp3) is 0.423. The third kappa shape index (κ3) is 22.0. The molecule has 8 aliphatic rings. The van der Waals surface area contributed by atoms with E-state index in [2.05, 4.69) is 111 Å². The molecule has 10 heterocycles. The minimum absolute atomic E-state index is 0.00889. The summed E-state index contributed by atoms with van der Waals surface area (Å²) in [7, 11) is -9.09. The number of likely N-dealkylation sites (tertiary alicyclic amines) is 2. The van der Waals surface area contributed by atoms with Gasteiger partial charge in [0.25, 0.3) is 43.2 Å². The van der Waals surface area contributed by atoms with E-state index in [0.717, 1.165) is 218 Å². The van der Waals surface area contributed by atoms with E-state index in [4.69, 9.17) is 32.7 Å². The number of carbonyl (C=O) groups is 2. The number of aromatic nitrogens is 4. The van der Waals surface area contributed by atoms with Crippen molar-refractivity contribution in [2.24, 2.45) is 22.7 Å². The van der Waals surface area contributed by atoms with Gasteiger partial charge in [-0.25, -0.2) is 36.2 Å². The van der Waals surface area contributed by atoms with Crippen LogP contribution in [0.15, 0.2) is 189 Å². The van der Waals surface area contributed by atoms with Crippen LogP contribution in [0.4, 0.5) is 22.7 Å². The minimum Gasteiger partial charge on any atom is -0.455 e. The summed E-state index contributed by atoms with van der Waals surface area (Å²) in [6.07, 6.45) is 22.2. The second-order valence-corrected chi connectivity index (χ2v) is 43.5. The lowest BCUT2D eigenvalue weighted by Crippen LogP contribution is -2.47. The van der Waals surface area contributed by atoms with Crippen LogP contribution < -0.4 is 28.7 Å². The Labute approximate surface area is 772 Å². The number of rotatable bonds is 25. The van der Waals surface area contributed by atoms with Crippen molar-refractivity contribution < 1.29 is 45.7 Å². The van der Waals surface area contributed by atoms with Crippen molar-refractivity contribution >= 4 is 135 Å². The number of pyridine rings is 2. The van der Waals surface area contributed by atoms with E-state index in [0.29, 0.717) is 56.6 Å². The van der Waals surface area contributed by atoms with Gasteiger partial charge in [0.2, 0.25) is 0 Å². The fourth-order valence-corrected chi connectivity index (χ4v) is 24.3. The Hall–Kier alpha value is -9.86. The maximum atomic E-state index is 14.1. The summed E-state index contributed by atoms with van der Waals surface area (Å²) in [5.41, 5.74) is 12.3. The number of nitrogens with one attached hydrogen (secondary N) is 4. The number of carbonyl (C=O) groups excluding carboxylic acids is 2. The molecule has 6 aromatic carbocycles. The Morgan fingerprint density at radius 2 is 0.930 bits per heavy atom. The number of thioether (sulfide) groups is 2. The normalized spacial score (nSPS) is 19.6. The van der Waals surface area contributed by atoms with E-state index in [1.807, 2.05) is 48.5 Å². The Kier molecular flexibility index (Phi) is 27.7. The smallest absolute Gasteiger partial charge is 0.275 e. The highest BCUT2D eigenvalue weighted by atomic mass is 35.5. The molecule has 0 radical (unpaired) electrons. The SMILES string of the molecule is CC1(C)CCC(CN2CCN(c3ccc(C(=O)NS(=O)(=O)c4cc5c(c([N+](=O)[O-])c4)C[C@H](CCN4CCCCC4)CS5)c(Oc4cnc5[nH]ccc5c4)c3)CC2)=C(c2ccc(Cl)cc2)C1.CC1(C)CCC(CN2CCN(c3ccc(C(=O)NS(=O)(=O)c4cc5c(c([N+](=O)[O-])c4)C[C@H](CN4CCCCC4)CS5)c(Oc4cnc5[nH]ccc5c4)c3)CC2)=C(c2ccc(Cl)cc2)C1. The van der Waals surface area contributed by atoms with E-state index >= 15 is 0 Å². The molecule has 26 nitrogen and oxygen atoms in total. The number of ether oxygens (including phenoxy) is 2. The molecule has 678 valence electrons. The first-order valence-corrected chi connectivity index (χ1v) is 50.6. The van der Waals surface area contributed by atoms with Crippen molar-refractivity contribution in [1.29, 1.82) is 0 Å². The van der Waals surface area contributed by atoms with Crippen LogP contribution in [0.1, 0.15) is 154 Å². The van der Waals surface area contributed by atoms with Gasteiger partial charge in [0.05, 0.1) is 43.2 Å². The summed E-state index contributed by atoms with van der Waals surface area (Å²) in [6, 6.07) is 39.1. The van der Waals surface area contributed by atoms with Gasteiger partial charge < -0.3 is 39.0 Å². The van der Waals surface area contributed by atoms with Crippen LogP contribution in [-0.2, 0) is 32.9 Å². The van der Waals surface area contributed by atoms with Gasteiger partial charge in [0.15, 0.2) is 0 Å². The third-order valence-electron chi connectivity index (χ3n) is 26.7. The van der Waals surface area contributed by atoms with Crippen LogP contribution in [0.3, 0.4) is 0 Å². The number of benzene rings is 6. The molecule has 0 spiro atoms. The van der Waals surface area contributed by atoms with Gasteiger partial charge >= 0.3 is 0 Å².